The van der Waals surface area contributed by atoms with Crippen molar-refractivity contribution in [2.45, 2.75) is 33.6 Å². The van der Waals surface area contributed by atoms with Gasteiger partial charge in [0.25, 0.3) is 0 Å². The Bertz CT molecular complexity index is 173. The van der Waals surface area contributed by atoms with E-state index in [1.165, 1.54) is 5.57 Å². The molecule has 0 spiro atoms. The van der Waals surface area contributed by atoms with Gasteiger partial charge in [0.15, 0.2) is 0 Å². The summed E-state index contributed by atoms with van der Waals surface area (Å²) in [6.07, 6.45) is 8.81. The second-order valence-electron chi connectivity index (χ2n) is 3.36. The summed E-state index contributed by atoms with van der Waals surface area (Å²) in [6, 6.07) is 0. The lowest BCUT2D eigenvalue weighted by molar-refractivity contribution is -0.104. The van der Waals surface area contributed by atoms with Gasteiger partial charge in [-0.1, -0.05) is 24.6 Å². The van der Waals surface area contributed by atoms with E-state index in [2.05, 4.69) is 26.8 Å². The van der Waals surface area contributed by atoms with Gasteiger partial charge in [-0.05, 0) is 38.7 Å². The van der Waals surface area contributed by atoms with Crippen molar-refractivity contribution in [3.05, 3.63) is 23.8 Å². The first-order valence-corrected chi connectivity index (χ1v) is 4.42. The number of carbonyl (C=O) groups is 1. The van der Waals surface area contributed by atoms with Gasteiger partial charge in [0, 0.05) is 0 Å². The molecule has 0 N–H and O–H groups in total. The van der Waals surface area contributed by atoms with Crippen molar-refractivity contribution >= 4 is 6.29 Å². The highest BCUT2D eigenvalue weighted by Crippen LogP contribution is 2.08. The van der Waals surface area contributed by atoms with Gasteiger partial charge in [-0.15, -0.1) is 0 Å². The normalized spacial score (nSPS) is 12.9. The summed E-state index contributed by atoms with van der Waals surface area (Å²) in [5.41, 5.74) is 1.36. The number of aldehydes is 1. The van der Waals surface area contributed by atoms with Gasteiger partial charge in [0.05, 0.1) is 0 Å². The molecular weight excluding hydrogens is 148 g/mol. The largest absolute Gasteiger partial charge is 0.299 e. The summed E-state index contributed by atoms with van der Waals surface area (Å²) >= 11 is 0. The third-order valence-corrected chi connectivity index (χ3v) is 1.69. The molecule has 1 nitrogen and oxygen atoms in total. The van der Waals surface area contributed by atoms with Crippen LogP contribution in [-0.4, -0.2) is 6.29 Å². The van der Waals surface area contributed by atoms with Crippen LogP contribution in [0.5, 0.6) is 0 Å². The number of hydrogen-bond acceptors (Lipinski definition) is 1. The highest BCUT2D eigenvalue weighted by molar-refractivity contribution is 5.64. The molecular formula is C11H18O. The SMILES string of the molecule is CC(C)=CCC[C@H](C)/C=C/C=O. The van der Waals surface area contributed by atoms with Crippen LogP contribution >= 0.6 is 0 Å². The van der Waals surface area contributed by atoms with Gasteiger partial charge in [0.2, 0.25) is 0 Å². The molecule has 0 saturated carbocycles. The van der Waals surface area contributed by atoms with Gasteiger partial charge in [-0.3, -0.25) is 4.79 Å². The van der Waals surface area contributed by atoms with Crippen LogP contribution in [0.2, 0.25) is 0 Å². The number of rotatable bonds is 5. The first-order valence-electron chi connectivity index (χ1n) is 4.42. The lowest BCUT2D eigenvalue weighted by Gasteiger charge is -2.01. The van der Waals surface area contributed by atoms with Crippen molar-refractivity contribution in [3.63, 3.8) is 0 Å². The zero-order chi connectivity index (χ0) is 9.40. The lowest BCUT2D eigenvalue weighted by Crippen LogP contribution is -1.88. The number of hydrogen-bond donors (Lipinski definition) is 0. The van der Waals surface area contributed by atoms with Crippen LogP contribution < -0.4 is 0 Å². The molecule has 0 bridgehead atoms. The zero-order valence-electron chi connectivity index (χ0n) is 8.21. The quantitative estimate of drug-likeness (QED) is 0.348. The molecule has 0 unspecified atom stereocenters. The molecule has 0 aromatic carbocycles. The predicted molar refractivity (Wildman–Crippen MR) is 53.0 cm³/mol. The molecule has 0 amide bonds. The lowest BCUT2D eigenvalue weighted by atomic mass is 10.0. The molecule has 68 valence electrons. The highest BCUT2D eigenvalue weighted by atomic mass is 16.1. The van der Waals surface area contributed by atoms with E-state index in [1.54, 1.807) is 6.08 Å². The molecule has 0 fully saturated rings. The fourth-order valence-electron chi connectivity index (χ4n) is 0.966. The van der Waals surface area contributed by atoms with E-state index in [-0.39, 0.29) is 0 Å². The van der Waals surface area contributed by atoms with Crippen molar-refractivity contribution in [3.8, 4) is 0 Å². The third-order valence-electron chi connectivity index (χ3n) is 1.69. The molecule has 0 radical (unpaired) electrons. The molecule has 12 heavy (non-hydrogen) atoms. The standard InChI is InChI=1S/C11H18O/c1-10(2)6-4-7-11(3)8-5-9-12/h5-6,8-9,11H,4,7H2,1-3H3/b8-5+/t11-/m0/s1. The Balaban J connectivity index is 3.57. The van der Waals surface area contributed by atoms with Crippen LogP contribution in [-0.2, 0) is 4.79 Å². The Morgan fingerprint density at radius 2 is 2.08 bits per heavy atom. The van der Waals surface area contributed by atoms with E-state index >= 15 is 0 Å². The number of carbonyl (C=O) groups excluding carboxylic acids is 1. The molecule has 0 saturated heterocycles. The molecule has 0 heterocycles. The van der Waals surface area contributed by atoms with Crippen molar-refractivity contribution in [2.75, 3.05) is 0 Å². The highest BCUT2D eigenvalue weighted by Gasteiger charge is 1.93. The Morgan fingerprint density at radius 3 is 2.58 bits per heavy atom. The maximum atomic E-state index is 9.99. The summed E-state index contributed by atoms with van der Waals surface area (Å²) in [5, 5.41) is 0. The van der Waals surface area contributed by atoms with Gasteiger partial charge in [-0.2, -0.15) is 0 Å². The summed E-state index contributed by atoms with van der Waals surface area (Å²) in [7, 11) is 0. The second kappa shape index (κ2) is 6.84. The Labute approximate surface area is 75.2 Å². The first-order chi connectivity index (χ1) is 5.66. The first kappa shape index (κ1) is 11.2. The van der Waals surface area contributed by atoms with Crippen molar-refractivity contribution < 1.29 is 4.79 Å². The molecule has 0 aliphatic rings. The maximum Gasteiger partial charge on any atom is 0.142 e. The molecule has 0 aromatic rings. The van der Waals surface area contributed by atoms with Gasteiger partial charge in [-0.25, -0.2) is 0 Å². The van der Waals surface area contributed by atoms with E-state index in [9.17, 15) is 4.79 Å². The minimum absolute atomic E-state index is 0.505. The van der Waals surface area contributed by atoms with Crippen LogP contribution in [0.3, 0.4) is 0 Å². The molecule has 0 aromatic heterocycles. The third kappa shape index (κ3) is 7.26. The van der Waals surface area contributed by atoms with Crippen LogP contribution in [0, 0.1) is 5.92 Å². The van der Waals surface area contributed by atoms with Crippen LogP contribution in [0.4, 0.5) is 0 Å². The molecule has 1 atom stereocenters. The summed E-state index contributed by atoms with van der Waals surface area (Å²) in [6.45, 7) is 6.33. The fourth-order valence-corrected chi connectivity index (χ4v) is 0.966. The Kier molecular flexibility index (Phi) is 6.35. The monoisotopic (exact) mass is 166 g/mol. The van der Waals surface area contributed by atoms with Gasteiger partial charge < -0.3 is 0 Å². The molecule has 0 aliphatic carbocycles. The fraction of sp³-hybridized carbons (Fsp3) is 0.545. The van der Waals surface area contributed by atoms with Gasteiger partial charge >= 0.3 is 0 Å². The van der Waals surface area contributed by atoms with Crippen molar-refractivity contribution in [1.29, 1.82) is 0 Å². The molecule has 0 rings (SSSR count). The van der Waals surface area contributed by atoms with E-state index < -0.39 is 0 Å². The smallest absolute Gasteiger partial charge is 0.142 e. The summed E-state index contributed by atoms with van der Waals surface area (Å²) in [4.78, 5) is 9.99. The molecule has 0 aliphatic heterocycles. The number of allylic oxidation sites excluding steroid dienone is 4. The predicted octanol–water partition coefficient (Wildman–Crippen LogP) is 3.12. The second-order valence-corrected chi connectivity index (χ2v) is 3.36. The maximum absolute atomic E-state index is 9.99. The minimum atomic E-state index is 0.505. The van der Waals surface area contributed by atoms with E-state index in [0.717, 1.165) is 19.1 Å². The van der Waals surface area contributed by atoms with Crippen molar-refractivity contribution in [1.82, 2.24) is 0 Å². The van der Waals surface area contributed by atoms with E-state index in [0.29, 0.717) is 5.92 Å². The molecule has 1 heteroatoms. The zero-order valence-corrected chi connectivity index (χ0v) is 8.21. The van der Waals surface area contributed by atoms with Crippen molar-refractivity contribution in [2.24, 2.45) is 5.92 Å². The minimum Gasteiger partial charge on any atom is -0.299 e. The van der Waals surface area contributed by atoms with E-state index in [1.807, 2.05) is 6.08 Å². The topological polar surface area (TPSA) is 17.1 Å². The van der Waals surface area contributed by atoms with Crippen LogP contribution in [0.25, 0.3) is 0 Å². The van der Waals surface area contributed by atoms with Crippen LogP contribution in [0.15, 0.2) is 23.8 Å². The van der Waals surface area contributed by atoms with Crippen LogP contribution in [0.1, 0.15) is 33.6 Å². The van der Waals surface area contributed by atoms with Gasteiger partial charge in [0.1, 0.15) is 6.29 Å². The Hall–Kier alpha value is -0.850. The average molecular weight is 166 g/mol. The average Bonchev–Trinajstić information content (AvgIpc) is 2.00. The summed E-state index contributed by atoms with van der Waals surface area (Å²) < 4.78 is 0. The van der Waals surface area contributed by atoms with E-state index in [4.69, 9.17) is 0 Å². The summed E-state index contributed by atoms with van der Waals surface area (Å²) in [5.74, 6) is 0.505. The Morgan fingerprint density at radius 1 is 1.42 bits per heavy atom.